The van der Waals surface area contributed by atoms with E-state index >= 15 is 0 Å². The van der Waals surface area contributed by atoms with Gasteiger partial charge in [0.1, 0.15) is 6.04 Å². The van der Waals surface area contributed by atoms with Gasteiger partial charge in [-0.15, -0.1) is 0 Å². The van der Waals surface area contributed by atoms with Crippen molar-refractivity contribution in [2.75, 3.05) is 13.1 Å². The highest BCUT2D eigenvalue weighted by Crippen LogP contribution is 2.24. The molecular formula is C15H22N2O. The maximum Gasteiger partial charge on any atom is 0.244 e. The second kappa shape index (κ2) is 5.53. The molecule has 1 heterocycles. The molecule has 2 rings (SSSR count). The zero-order chi connectivity index (χ0) is 13.1. The van der Waals surface area contributed by atoms with Gasteiger partial charge in [-0.2, -0.15) is 0 Å². The van der Waals surface area contributed by atoms with Gasteiger partial charge in [-0.1, -0.05) is 44.2 Å². The number of nitrogens with two attached hydrogens (primary N) is 1. The minimum atomic E-state index is -0.521. The van der Waals surface area contributed by atoms with Crippen LogP contribution in [0.5, 0.6) is 0 Å². The van der Waals surface area contributed by atoms with Crippen LogP contribution in [-0.2, 0) is 4.79 Å². The van der Waals surface area contributed by atoms with Crippen molar-refractivity contribution in [2.24, 2.45) is 17.6 Å². The Morgan fingerprint density at radius 1 is 1.28 bits per heavy atom. The van der Waals surface area contributed by atoms with Crippen molar-refractivity contribution in [3.8, 4) is 0 Å². The molecule has 1 aromatic carbocycles. The molecule has 2 N–H and O–H groups in total. The second-order valence-electron chi connectivity index (χ2n) is 5.42. The Balaban J connectivity index is 2.03. The molecule has 3 unspecified atom stereocenters. The average molecular weight is 246 g/mol. The Hall–Kier alpha value is -1.35. The van der Waals surface area contributed by atoms with Gasteiger partial charge in [-0.25, -0.2) is 0 Å². The number of rotatable bonds is 2. The molecule has 3 nitrogen and oxygen atoms in total. The van der Waals surface area contributed by atoms with Gasteiger partial charge in [0.2, 0.25) is 5.91 Å². The Labute approximate surface area is 109 Å². The van der Waals surface area contributed by atoms with Crippen LogP contribution in [0, 0.1) is 11.8 Å². The molecule has 0 saturated carbocycles. The highest BCUT2D eigenvalue weighted by Gasteiger charge is 2.29. The van der Waals surface area contributed by atoms with Gasteiger partial charge in [0.05, 0.1) is 0 Å². The van der Waals surface area contributed by atoms with Crippen LogP contribution in [0.3, 0.4) is 0 Å². The highest BCUT2D eigenvalue weighted by atomic mass is 16.2. The number of amides is 1. The number of nitrogens with zero attached hydrogens (tertiary/aromatic N) is 1. The normalized spacial score (nSPS) is 25.8. The number of piperidine rings is 1. The molecule has 0 bridgehead atoms. The Bertz CT molecular complexity index is 404. The fourth-order valence-corrected chi connectivity index (χ4v) is 2.46. The van der Waals surface area contributed by atoms with Gasteiger partial charge in [0, 0.05) is 13.1 Å². The topological polar surface area (TPSA) is 46.3 Å². The molecule has 18 heavy (non-hydrogen) atoms. The molecule has 1 aromatic rings. The van der Waals surface area contributed by atoms with Crippen LogP contribution >= 0.6 is 0 Å². The van der Waals surface area contributed by atoms with Crippen LogP contribution in [0.25, 0.3) is 0 Å². The van der Waals surface area contributed by atoms with Crippen LogP contribution in [0.2, 0.25) is 0 Å². The minimum Gasteiger partial charge on any atom is -0.341 e. The number of hydrogen-bond donors (Lipinski definition) is 1. The monoisotopic (exact) mass is 246 g/mol. The van der Waals surface area contributed by atoms with Crippen LogP contribution in [0.4, 0.5) is 0 Å². The molecule has 3 heteroatoms. The number of carbonyl (C=O) groups is 1. The van der Waals surface area contributed by atoms with Crippen LogP contribution in [-0.4, -0.2) is 23.9 Å². The van der Waals surface area contributed by atoms with Gasteiger partial charge >= 0.3 is 0 Å². The SMILES string of the molecule is CC1CCN(C(=O)C(N)c2ccccc2)CC1C. The molecule has 1 amide bonds. The molecule has 3 atom stereocenters. The lowest BCUT2D eigenvalue weighted by Crippen LogP contribution is -2.46. The Morgan fingerprint density at radius 3 is 2.56 bits per heavy atom. The van der Waals surface area contributed by atoms with Crippen LogP contribution in [0.15, 0.2) is 30.3 Å². The number of carbonyl (C=O) groups excluding carboxylic acids is 1. The number of likely N-dealkylation sites (tertiary alicyclic amines) is 1. The van der Waals surface area contributed by atoms with Crippen molar-refractivity contribution in [2.45, 2.75) is 26.3 Å². The highest BCUT2D eigenvalue weighted by molar-refractivity contribution is 5.83. The van der Waals surface area contributed by atoms with Crippen molar-refractivity contribution in [3.63, 3.8) is 0 Å². The van der Waals surface area contributed by atoms with E-state index in [1.165, 1.54) is 0 Å². The fraction of sp³-hybridized carbons (Fsp3) is 0.533. The van der Waals surface area contributed by atoms with E-state index in [-0.39, 0.29) is 5.91 Å². The van der Waals surface area contributed by atoms with E-state index in [9.17, 15) is 4.79 Å². The van der Waals surface area contributed by atoms with Gasteiger partial charge in [-0.3, -0.25) is 4.79 Å². The van der Waals surface area contributed by atoms with Gasteiger partial charge in [0.15, 0.2) is 0 Å². The molecule has 1 fully saturated rings. The van der Waals surface area contributed by atoms with E-state index in [0.29, 0.717) is 11.8 Å². The van der Waals surface area contributed by atoms with Crippen molar-refractivity contribution >= 4 is 5.91 Å². The molecule has 98 valence electrons. The smallest absolute Gasteiger partial charge is 0.244 e. The summed E-state index contributed by atoms with van der Waals surface area (Å²) in [6.07, 6.45) is 1.08. The molecule has 1 aliphatic heterocycles. The third-order valence-corrected chi connectivity index (χ3v) is 4.07. The predicted molar refractivity (Wildman–Crippen MR) is 72.9 cm³/mol. The summed E-state index contributed by atoms with van der Waals surface area (Å²) in [5, 5.41) is 0. The molecule has 1 aliphatic rings. The van der Waals surface area contributed by atoms with Gasteiger partial charge in [-0.05, 0) is 23.8 Å². The first-order chi connectivity index (χ1) is 8.59. The Morgan fingerprint density at radius 2 is 1.94 bits per heavy atom. The summed E-state index contributed by atoms with van der Waals surface area (Å²) < 4.78 is 0. The van der Waals surface area contributed by atoms with Crippen LogP contribution in [0.1, 0.15) is 31.9 Å². The zero-order valence-corrected chi connectivity index (χ0v) is 11.2. The summed E-state index contributed by atoms with van der Waals surface area (Å²) in [4.78, 5) is 14.3. The minimum absolute atomic E-state index is 0.0555. The molecule has 1 saturated heterocycles. The maximum absolute atomic E-state index is 12.4. The van der Waals surface area contributed by atoms with E-state index in [2.05, 4.69) is 13.8 Å². The largest absolute Gasteiger partial charge is 0.341 e. The van der Waals surface area contributed by atoms with Crippen molar-refractivity contribution in [1.82, 2.24) is 4.90 Å². The first-order valence-corrected chi connectivity index (χ1v) is 6.69. The first-order valence-electron chi connectivity index (χ1n) is 6.69. The predicted octanol–water partition coefficient (Wildman–Crippen LogP) is 2.19. The average Bonchev–Trinajstić information content (AvgIpc) is 2.41. The third-order valence-electron chi connectivity index (χ3n) is 4.07. The van der Waals surface area contributed by atoms with Gasteiger partial charge in [0.25, 0.3) is 0 Å². The molecule has 0 radical (unpaired) electrons. The molecule has 0 spiro atoms. The second-order valence-corrected chi connectivity index (χ2v) is 5.42. The zero-order valence-electron chi connectivity index (χ0n) is 11.2. The van der Waals surface area contributed by atoms with E-state index < -0.39 is 6.04 Å². The summed E-state index contributed by atoms with van der Waals surface area (Å²) in [5.41, 5.74) is 6.96. The lowest BCUT2D eigenvalue weighted by Gasteiger charge is -2.36. The Kier molecular flexibility index (Phi) is 4.02. The van der Waals surface area contributed by atoms with Gasteiger partial charge < -0.3 is 10.6 Å². The summed E-state index contributed by atoms with van der Waals surface area (Å²) in [5.74, 6) is 1.31. The fourth-order valence-electron chi connectivity index (χ4n) is 2.46. The summed E-state index contributed by atoms with van der Waals surface area (Å²) in [7, 11) is 0. The summed E-state index contributed by atoms with van der Waals surface area (Å²) in [6, 6.07) is 9.08. The molecule has 0 aliphatic carbocycles. The van der Waals surface area contributed by atoms with Crippen molar-refractivity contribution in [3.05, 3.63) is 35.9 Å². The lowest BCUT2D eigenvalue weighted by molar-refractivity contribution is -0.135. The van der Waals surface area contributed by atoms with Crippen LogP contribution < -0.4 is 5.73 Å². The summed E-state index contributed by atoms with van der Waals surface area (Å²) in [6.45, 7) is 6.13. The van der Waals surface area contributed by atoms with E-state index in [4.69, 9.17) is 5.73 Å². The first kappa shape index (κ1) is 13.1. The van der Waals surface area contributed by atoms with E-state index in [1.807, 2.05) is 35.2 Å². The van der Waals surface area contributed by atoms with Crippen molar-refractivity contribution in [1.29, 1.82) is 0 Å². The molecular weight excluding hydrogens is 224 g/mol. The summed E-state index contributed by atoms with van der Waals surface area (Å²) >= 11 is 0. The molecule has 0 aromatic heterocycles. The lowest BCUT2D eigenvalue weighted by atomic mass is 9.88. The maximum atomic E-state index is 12.4. The quantitative estimate of drug-likeness (QED) is 0.869. The third kappa shape index (κ3) is 2.72. The standard InChI is InChI=1S/C15H22N2O/c1-11-8-9-17(10-12(11)2)15(18)14(16)13-6-4-3-5-7-13/h3-7,11-12,14H,8-10,16H2,1-2H3. The van der Waals surface area contributed by atoms with Crippen molar-refractivity contribution < 1.29 is 4.79 Å². The number of hydrogen-bond acceptors (Lipinski definition) is 2. The number of benzene rings is 1. The van der Waals surface area contributed by atoms with E-state index in [1.54, 1.807) is 0 Å². The van der Waals surface area contributed by atoms with E-state index in [0.717, 1.165) is 25.1 Å².